The number of carbonyl (C=O) groups is 1. The first-order valence-electron chi connectivity index (χ1n) is 16.0. The van der Waals surface area contributed by atoms with Gasteiger partial charge in [0.15, 0.2) is 5.82 Å². The van der Waals surface area contributed by atoms with Gasteiger partial charge in [-0.05, 0) is 57.1 Å². The fourth-order valence-corrected chi connectivity index (χ4v) is 7.57. The summed E-state index contributed by atoms with van der Waals surface area (Å²) in [7, 11) is 2.14. The molecule has 2 amide bonds. The Balaban J connectivity index is 1.06. The summed E-state index contributed by atoms with van der Waals surface area (Å²) in [5, 5.41) is 7.09. The molecule has 0 bridgehead atoms. The number of likely N-dealkylation sites (N-methyl/N-ethyl adjacent to an activating group) is 1. The Morgan fingerprint density at radius 2 is 1.88 bits per heavy atom. The molecule has 3 saturated carbocycles. The molecule has 43 heavy (non-hydrogen) atoms. The second-order valence-corrected chi connectivity index (χ2v) is 14.0. The van der Waals surface area contributed by atoms with E-state index in [0.717, 1.165) is 31.1 Å². The van der Waals surface area contributed by atoms with Crippen molar-refractivity contribution in [1.29, 1.82) is 0 Å². The van der Waals surface area contributed by atoms with Crippen LogP contribution in [0.15, 0.2) is 34.9 Å². The van der Waals surface area contributed by atoms with Gasteiger partial charge in [-0.15, -0.1) is 0 Å². The molecular formula is C32H43F3N6O2. The van der Waals surface area contributed by atoms with E-state index in [9.17, 15) is 9.18 Å². The number of nitrogens with one attached hydrogen (secondary N) is 1. The van der Waals surface area contributed by atoms with Crippen LogP contribution in [0.3, 0.4) is 0 Å². The molecule has 0 spiro atoms. The van der Waals surface area contributed by atoms with Gasteiger partial charge in [0.05, 0.1) is 5.92 Å². The predicted molar refractivity (Wildman–Crippen MR) is 155 cm³/mol. The highest BCUT2D eigenvalue weighted by Crippen LogP contribution is 2.47. The number of amides is 2. The minimum atomic E-state index is -2.97. The minimum absolute atomic E-state index is 0.195. The number of rotatable bonds is 8. The standard InChI is InChI=1S/C32H43F3N6O2/c1-31(29-37-28(43-38-29)23-15-25(23)33)13-14-40(19-24(31)21-7-4-3-5-8-21)30(42)36-27-26(9-6-12-32(27,34)35)41-17-22(18-41)39(2)16-20-10-11-20/h3-5,7-8,20,22-27H,6,9-19H2,1-2H3,(H,36,42)/t23-,24?,25+,26+,27-,31?/m1/s1. The van der Waals surface area contributed by atoms with Crippen molar-refractivity contribution in [3.63, 3.8) is 0 Å². The molecule has 3 heterocycles. The largest absolute Gasteiger partial charge is 0.339 e. The Kier molecular flexibility index (Phi) is 7.47. The fraction of sp³-hybridized carbons (Fsp3) is 0.719. The lowest BCUT2D eigenvalue weighted by molar-refractivity contribution is -0.111. The van der Waals surface area contributed by atoms with Crippen molar-refractivity contribution in [3.05, 3.63) is 47.6 Å². The highest BCUT2D eigenvalue weighted by Gasteiger charge is 2.53. The number of halogens is 3. The van der Waals surface area contributed by atoms with Crippen LogP contribution in [0.5, 0.6) is 0 Å². The molecule has 5 aliphatic rings. The van der Waals surface area contributed by atoms with Gasteiger partial charge in [-0.3, -0.25) is 4.90 Å². The number of carbonyl (C=O) groups excluding carboxylic acids is 1. The first kappa shape index (κ1) is 29.1. The average molecular weight is 601 g/mol. The quantitative estimate of drug-likeness (QED) is 0.463. The highest BCUT2D eigenvalue weighted by molar-refractivity contribution is 5.75. The Morgan fingerprint density at radius 1 is 1.14 bits per heavy atom. The lowest BCUT2D eigenvalue weighted by atomic mass is 9.68. The fourth-order valence-electron chi connectivity index (χ4n) is 7.57. The first-order valence-corrected chi connectivity index (χ1v) is 16.0. The summed E-state index contributed by atoms with van der Waals surface area (Å²) >= 11 is 0. The van der Waals surface area contributed by atoms with Crippen molar-refractivity contribution in [3.8, 4) is 0 Å². The third-order valence-corrected chi connectivity index (χ3v) is 10.9. The van der Waals surface area contributed by atoms with Crippen LogP contribution in [0, 0.1) is 5.92 Å². The number of aromatic nitrogens is 2. The van der Waals surface area contributed by atoms with Crippen molar-refractivity contribution in [2.75, 3.05) is 39.8 Å². The number of alkyl halides is 3. The van der Waals surface area contributed by atoms with E-state index >= 15 is 8.78 Å². The van der Waals surface area contributed by atoms with Crippen molar-refractivity contribution in [1.82, 2.24) is 30.2 Å². The normalized spacial score (nSPS) is 34.7. The molecule has 0 radical (unpaired) electrons. The molecule has 11 heteroatoms. The smallest absolute Gasteiger partial charge is 0.317 e. The van der Waals surface area contributed by atoms with Crippen LogP contribution in [-0.2, 0) is 5.41 Å². The molecule has 1 N–H and O–H groups in total. The van der Waals surface area contributed by atoms with E-state index in [2.05, 4.69) is 39.2 Å². The molecule has 7 rings (SSSR count). The summed E-state index contributed by atoms with van der Waals surface area (Å²) in [6.45, 7) is 5.37. The molecule has 2 aliphatic heterocycles. The molecule has 6 atom stereocenters. The van der Waals surface area contributed by atoms with E-state index in [0.29, 0.717) is 56.5 Å². The lowest BCUT2D eigenvalue weighted by Gasteiger charge is -2.53. The maximum absolute atomic E-state index is 15.5. The van der Waals surface area contributed by atoms with Crippen LogP contribution in [0.4, 0.5) is 18.0 Å². The zero-order valence-corrected chi connectivity index (χ0v) is 25.1. The van der Waals surface area contributed by atoms with Gasteiger partial charge in [-0.25, -0.2) is 18.0 Å². The number of piperidine rings is 1. The van der Waals surface area contributed by atoms with Gasteiger partial charge in [0, 0.05) is 62.6 Å². The van der Waals surface area contributed by atoms with Crippen LogP contribution in [0.2, 0.25) is 0 Å². The molecule has 8 nitrogen and oxygen atoms in total. The third-order valence-electron chi connectivity index (χ3n) is 10.9. The maximum Gasteiger partial charge on any atom is 0.317 e. The van der Waals surface area contributed by atoms with Crippen LogP contribution in [-0.4, -0.2) is 101 Å². The Labute approximate surface area is 251 Å². The zero-order chi connectivity index (χ0) is 29.9. The number of nitrogens with zero attached hydrogens (tertiary/aromatic N) is 5. The summed E-state index contributed by atoms with van der Waals surface area (Å²) in [5.41, 5.74) is 0.434. The molecular weight excluding hydrogens is 557 g/mol. The van der Waals surface area contributed by atoms with E-state index in [4.69, 9.17) is 4.52 Å². The van der Waals surface area contributed by atoms with Gasteiger partial charge >= 0.3 is 6.03 Å². The number of hydrogen-bond donors (Lipinski definition) is 1. The van der Waals surface area contributed by atoms with Gasteiger partial charge < -0.3 is 19.6 Å². The van der Waals surface area contributed by atoms with E-state index in [1.807, 2.05) is 30.3 Å². The summed E-state index contributed by atoms with van der Waals surface area (Å²) < 4.78 is 50.1. The predicted octanol–water partition coefficient (Wildman–Crippen LogP) is 4.93. The molecule has 2 aromatic rings. The number of urea groups is 1. The van der Waals surface area contributed by atoms with Crippen molar-refractivity contribution in [2.45, 2.75) is 99.3 Å². The van der Waals surface area contributed by atoms with Crippen LogP contribution >= 0.6 is 0 Å². The van der Waals surface area contributed by atoms with Gasteiger partial charge in [0.25, 0.3) is 5.92 Å². The van der Waals surface area contributed by atoms with E-state index < -0.39 is 29.6 Å². The van der Waals surface area contributed by atoms with E-state index in [1.165, 1.54) is 12.8 Å². The molecule has 3 aliphatic carbocycles. The summed E-state index contributed by atoms with van der Waals surface area (Å²) in [6.07, 6.45) is 3.47. The third kappa shape index (κ3) is 5.67. The van der Waals surface area contributed by atoms with E-state index in [-0.39, 0.29) is 24.3 Å². The molecule has 5 fully saturated rings. The van der Waals surface area contributed by atoms with E-state index in [1.54, 1.807) is 4.90 Å². The maximum atomic E-state index is 15.5. The SMILES string of the molecule is CN(CC1CC1)C1CN([C@H]2CCCC(F)(F)[C@@H]2NC(=O)N2CCC(C)(c3noc([C@@H]4C[C@@H]4F)n3)C(c3ccccc3)C2)C1. The monoisotopic (exact) mass is 600 g/mol. The van der Waals surface area contributed by atoms with Gasteiger partial charge in [-0.1, -0.05) is 42.4 Å². The second kappa shape index (κ2) is 11.1. The van der Waals surface area contributed by atoms with Crippen LogP contribution < -0.4 is 5.32 Å². The number of hydrogen-bond acceptors (Lipinski definition) is 6. The van der Waals surface area contributed by atoms with Gasteiger partial charge in [0.1, 0.15) is 12.2 Å². The van der Waals surface area contributed by atoms with Crippen LogP contribution in [0.1, 0.15) is 81.0 Å². The summed E-state index contributed by atoms with van der Waals surface area (Å²) in [5.74, 6) is -1.87. The van der Waals surface area contributed by atoms with Gasteiger partial charge in [0.2, 0.25) is 5.89 Å². The number of benzene rings is 1. The topological polar surface area (TPSA) is 77.7 Å². The molecule has 2 unspecified atom stereocenters. The highest BCUT2D eigenvalue weighted by atomic mass is 19.3. The zero-order valence-electron chi connectivity index (χ0n) is 25.1. The summed E-state index contributed by atoms with van der Waals surface area (Å²) in [6, 6.07) is 8.19. The number of likely N-dealkylation sites (tertiary alicyclic amines) is 2. The van der Waals surface area contributed by atoms with Crippen molar-refractivity contribution >= 4 is 6.03 Å². The Hall–Kier alpha value is -2.66. The Morgan fingerprint density at radius 3 is 2.58 bits per heavy atom. The lowest BCUT2D eigenvalue weighted by Crippen LogP contribution is -2.70. The minimum Gasteiger partial charge on any atom is -0.339 e. The molecule has 234 valence electrons. The molecule has 1 aromatic heterocycles. The average Bonchev–Trinajstić information content (AvgIpc) is 3.87. The second-order valence-electron chi connectivity index (χ2n) is 14.0. The summed E-state index contributed by atoms with van der Waals surface area (Å²) in [4.78, 5) is 24.6. The van der Waals surface area contributed by atoms with Crippen molar-refractivity contribution in [2.24, 2.45) is 5.92 Å². The van der Waals surface area contributed by atoms with Crippen molar-refractivity contribution < 1.29 is 22.5 Å². The molecule has 1 aromatic carbocycles. The molecule has 2 saturated heterocycles. The first-order chi connectivity index (χ1) is 20.6. The Bertz CT molecular complexity index is 1300. The van der Waals surface area contributed by atoms with Crippen LogP contribution in [0.25, 0.3) is 0 Å². The van der Waals surface area contributed by atoms with Gasteiger partial charge in [-0.2, -0.15) is 4.98 Å².